The Bertz CT molecular complexity index is 395. The highest BCUT2D eigenvalue weighted by atomic mass is 79.9. The average molecular weight is 310 g/mol. The van der Waals surface area contributed by atoms with E-state index in [9.17, 15) is 4.79 Å². The summed E-state index contributed by atoms with van der Waals surface area (Å²) < 4.78 is 1.02. The Morgan fingerprint density at radius 1 is 1.28 bits per heavy atom. The fourth-order valence-corrected chi connectivity index (χ4v) is 2.94. The first-order valence-electron chi connectivity index (χ1n) is 6.73. The van der Waals surface area contributed by atoms with Crippen molar-refractivity contribution in [1.29, 1.82) is 0 Å². The van der Waals surface area contributed by atoms with Crippen LogP contribution in [0.25, 0.3) is 0 Å². The number of carbonyl (C=O) groups is 1. The van der Waals surface area contributed by atoms with Gasteiger partial charge in [0, 0.05) is 16.1 Å². The monoisotopic (exact) mass is 309 g/mol. The van der Waals surface area contributed by atoms with Gasteiger partial charge in [-0.15, -0.1) is 0 Å². The molecule has 0 radical (unpaired) electrons. The molecule has 0 heterocycles. The molecule has 3 heteroatoms. The second kappa shape index (κ2) is 6.48. The summed E-state index contributed by atoms with van der Waals surface area (Å²) in [6, 6.07) is 8.27. The minimum Gasteiger partial charge on any atom is -0.293 e. The van der Waals surface area contributed by atoms with E-state index in [1.807, 2.05) is 24.3 Å². The Morgan fingerprint density at radius 3 is 2.44 bits per heavy atom. The summed E-state index contributed by atoms with van der Waals surface area (Å²) >= 11 is 3.39. The summed E-state index contributed by atoms with van der Waals surface area (Å²) in [6.45, 7) is 3.67. The molecule has 0 bridgehead atoms. The quantitative estimate of drug-likeness (QED) is 0.769. The van der Waals surface area contributed by atoms with Crippen LogP contribution in [0.4, 0.5) is 0 Å². The van der Waals surface area contributed by atoms with Gasteiger partial charge in [0.2, 0.25) is 0 Å². The van der Waals surface area contributed by atoms with Gasteiger partial charge in [-0.3, -0.25) is 9.69 Å². The van der Waals surface area contributed by atoms with Crippen LogP contribution in [0.15, 0.2) is 28.7 Å². The number of nitrogens with zero attached hydrogens (tertiary/aromatic N) is 1. The number of likely N-dealkylation sites (N-methyl/N-ethyl adjacent to an activating group) is 1. The summed E-state index contributed by atoms with van der Waals surface area (Å²) in [5.74, 6) is 0.233. The lowest BCUT2D eigenvalue weighted by Gasteiger charge is -2.26. The Morgan fingerprint density at radius 2 is 1.89 bits per heavy atom. The van der Waals surface area contributed by atoms with Gasteiger partial charge in [0.15, 0.2) is 5.78 Å². The van der Waals surface area contributed by atoms with Crippen LogP contribution >= 0.6 is 15.9 Å². The topological polar surface area (TPSA) is 20.3 Å². The number of benzene rings is 1. The molecular weight excluding hydrogens is 290 g/mol. The maximum Gasteiger partial charge on any atom is 0.176 e. The molecule has 0 unspecified atom stereocenters. The molecular formula is C15H20BrNO. The molecule has 0 atom stereocenters. The third kappa shape index (κ3) is 3.42. The number of rotatable bonds is 5. The highest BCUT2D eigenvalue weighted by molar-refractivity contribution is 9.10. The highest BCUT2D eigenvalue weighted by Crippen LogP contribution is 2.23. The van der Waals surface area contributed by atoms with Crippen LogP contribution in [-0.4, -0.2) is 29.8 Å². The number of ketones is 1. The summed E-state index contributed by atoms with van der Waals surface area (Å²) in [6.07, 6.45) is 5.13. The van der Waals surface area contributed by atoms with E-state index in [4.69, 9.17) is 0 Å². The van der Waals surface area contributed by atoms with Crippen molar-refractivity contribution in [3.63, 3.8) is 0 Å². The van der Waals surface area contributed by atoms with Crippen LogP contribution in [-0.2, 0) is 0 Å². The third-order valence-corrected chi connectivity index (χ3v) is 4.29. The normalized spacial score (nSPS) is 16.4. The van der Waals surface area contributed by atoms with Crippen molar-refractivity contribution in [1.82, 2.24) is 4.90 Å². The van der Waals surface area contributed by atoms with Crippen LogP contribution in [0.1, 0.15) is 43.0 Å². The Balaban J connectivity index is 1.98. The zero-order valence-corrected chi connectivity index (χ0v) is 12.4. The van der Waals surface area contributed by atoms with Crippen molar-refractivity contribution in [2.75, 3.05) is 13.1 Å². The molecule has 0 saturated heterocycles. The summed E-state index contributed by atoms with van der Waals surface area (Å²) in [4.78, 5) is 14.6. The van der Waals surface area contributed by atoms with Crippen molar-refractivity contribution in [3.05, 3.63) is 34.3 Å². The molecule has 0 N–H and O–H groups in total. The molecule has 0 aliphatic heterocycles. The molecule has 2 rings (SSSR count). The van der Waals surface area contributed by atoms with Crippen LogP contribution in [0.5, 0.6) is 0 Å². The lowest BCUT2D eigenvalue weighted by molar-refractivity contribution is 0.0899. The standard InChI is InChI=1S/C15H20BrNO/c1-2-17(14-5-3-4-6-14)11-15(18)12-7-9-13(16)10-8-12/h7-10,14H,2-6,11H2,1H3. The first-order valence-corrected chi connectivity index (χ1v) is 7.53. The summed E-state index contributed by atoms with van der Waals surface area (Å²) in [5, 5.41) is 0. The average Bonchev–Trinajstić information content (AvgIpc) is 2.90. The molecule has 1 saturated carbocycles. The lowest BCUT2D eigenvalue weighted by Crippen LogP contribution is -2.37. The van der Waals surface area contributed by atoms with Gasteiger partial charge in [-0.2, -0.15) is 0 Å². The molecule has 98 valence electrons. The first-order chi connectivity index (χ1) is 8.70. The molecule has 1 aromatic carbocycles. The second-order valence-electron chi connectivity index (χ2n) is 4.93. The van der Waals surface area contributed by atoms with Gasteiger partial charge in [-0.1, -0.05) is 47.8 Å². The number of carbonyl (C=O) groups excluding carboxylic acids is 1. The predicted octanol–water partition coefficient (Wildman–Crippen LogP) is 3.90. The van der Waals surface area contributed by atoms with Crippen LogP contribution in [0.2, 0.25) is 0 Å². The fourth-order valence-electron chi connectivity index (χ4n) is 2.68. The Kier molecular flexibility index (Phi) is 4.95. The van der Waals surface area contributed by atoms with E-state index in [1.54, 1.807) is 0 Å². The molecule has 1 aliphatic rings. The molecule has 18 heavy (non-hydrogen) atoms. The summed E-state index contributed by atoms with van der Waals surface area (Å²) in [5.41, 5.74) is 0.814. The van der Waals surface area contributed by atoms with E-state index < -0.39 is 0 Å². The smallest absolute Gasteiger partial charge is 0.176 e. The fraction of sp³-hybridized carbons (Fsp3) is 0.533. The Hall–Kier alpha value is -0.670. The summed E-state index contributed by atoms with van der Waals surface area (Å²) in [7, 11) is 0. The van der Waals surface area contributed by atoms with Gasteiger partial charge in [-0.25, -0.2) is 0 Å². The number of halogens is 1. The zero-order valence-electron chi connectivity index (χ0n) is 10.9. The molecule has 2 nitrogen and oxygen atoms in total. The van der Waals surface area contributed by atoms with Crippen LogP contribution < -0.4 is 0 Å². The molecule has 0 aromatic heterocycles. The van der Waals surface area contributed by atoms with Crippen molar-refractivity contribution in [2.45, 2.75) is 38.6 Å². The number of hydrogen-bond acceptors (Lipinski definition) is 2. The van der Waals surface area contributed by atoms with E-state index in [2.05, 4.69) is 27.8 Å². The molecule has 0 amide bonds. The van der Waals surface area contributed by atoms with Gasteiger partial charge < -0.3 is 0 Å². The van der Waals surface area contributed by atoms with Gasteiger partial charge in [0.1, 0.15) is 0 Å². The van der Waals surface area contributed by atoms with Gasteiger partial charge >= 0.3 is 0 Å². The van der Waals surface area contributed by atoms with Crippen molar-refractivity contribution in [2.24, 2.45) is 0 Å². The SMILES string of the molecule is CCN(CC(=O)c1ccc(Br)cc1)C1CCCC1. The predicted molar refractivity (Wildman–Crippen MR) is 78.0 cm³/mol. The highest BCUT2D eigenvalue weighted by Gasteiger charge is 2.23. The second-order valence-corrected chi connectivity index (χ2v) is 5.85. The van der Waals surface area contributed by atoms with E-state index in [1.165, 1.54) is 25.7 Å². The van der Waals surface area contributed by atoms with E-state index in [0.29, 0.717) is 12.6 Å². The number of hydrogen-bond donors (Lipinski definition) is 0. The third-order valence-electron chi connectivity index (χ3n) is 3.76. The van der Waals surface area contributed by atoms with E-state index in [0.717, 1.165) is 16.6 Å². The maximum absolute atomic E-state index is 12.2. The van der Waals surface area contributed by atoms with Crippen molar-refractivity contribution < 1.29 is 4.79 Å². The Labute approximate surface area is 117 Å². The molecule has 1 fully saturated rings. The minimum atomic E-state index is 0.233. The van der Waals surface area contributed by atoms with Crippen LogP contribution in [0.3, 0.4) is 0 Å². The van der Waals surface area contributed by atoms with Crippen LogP contribution in [0, 0.1) is 0 Å². The van der Waals surface area contributed by atoms with Crippen molar-refractivity contribution >= 4 is 21.7 Å². The van der Waals surface area contributed by atoms with Gasteiger partial charge in [-0.05, 0) is 31.5 Å². The molecule has 1 aliphatic carbocycles. The van der Waals surface area contributed by atoms with E-state index >= 15 is 0 Å². The van der Waals surface area contributed by atoms with Gasteiger partial charge in [0.25, 0.3) is 0 Å². The molecule has 1 aromatic rings. The maximum atomic E-state index is 12.2. The largest absolute Gasteiger partial charge is 0.293 e. The first kappa shape index (κ1) is 13.8. The van der Waals surface area contributed by atoms with E-state index in [-0.39, 0.29) is 5.78 Å². The lowest BCUT2D eigenvalue weighted by atomic mass is 10.1. The molecule has 0 spiro atoms. The van der Waals surface area contributed by atoms with Crippen molar-refractivity contribution in [3.8, 4) is 0 Å². The zero-order chi connectivity index (χ0) is 13.0. The minimum absolute atomic E-state index is 0.233. The van der Waals surface area contributed by atoms with Gasteiger partial charge in [0.05, 0.1) is 6.54 Å². The number of Topliss-reactive ketones (excluding diaryl/α,β-unsaturated/α-hetero) is 1.